The van der Waals surface area contributed by atoms with Gasteiger partial charge in [0.15, 0.2) is 0 Å². The minimum atomic E-state index is -0.257. The lowest BCUT2D eigenvalue weighted by molar-refractivity contribution is 0.631. The topological polar surface area (TPSA) is 17.3 Å². The molecule has 0 amide bonds. The molecule has 0 aliphatic heterocycles. The molecule has 0 fully saturated rings. The number of benzene rings is 1. The Balaban J connectivity index is 2.26. The molecule has 17 heavy (non-hydrogen) atoms. The van der Waals surface area contributed by atoms with E-state index in [0.717, 1.165) is 10.3 Å². The zero-order chi connectivity index (χ0) is 11.8. The summed E-state index contributed by atoms with van der Waals surface area (Å²) in [5, 5.41) is 0. The summed E-state index contributed by atoms with van der Waals surface area (Å²) in [6.07, 6.45) is 1.82. The molecule has 0 saturated carbocycles. The largest absolute Gasteiger partial charge is 0.293 e. The predicted octanol–water partition coefficient (Wildman–Crippen LogP) is 3.90. The van der Waals surface area contributed by atoms with Gasteiger partial charge in [-0.3, -0.25) is 4.40 Å². The standard InChI is InChI=1S/C13H8BrFN2/c14-12-6-3-7-13-16-11(8-17(12)13)9-4-1-2-5-10(9)15/h1-8H. The number of aromatic nitrogens is 2. The molecule has 0 atom stereocenters. The normalized spacial score (nSPS) is 10.9. The van der Waals surface area contributed by atoms with Gasteiger partial charge in [0, 0.05) is 11.8 Å². The second kappa shape index (κ2) is 3.96. The molecule has 0 unspecified atom stereocenters. The highest BCUT2D eigenvalue weighted by Gasteiger charge is 2.09. The average molecular weight is 291 g/mol. The van der Waals surface area contributed by atoms with Crippen molar-refractivity contribution in [3.8, 4) is 11.3 Å². The molecule has 0 N–H and O–H groups in total. The van der Waals surface area contributed by atoms with Crippen LogP contribution in [0.15, 0.2) is 53.3 Å². The summed E-state index contributed by atoms with van der Waals surface area (Å²) in [5.74, 6) is -0.257. The number of hydrogen-bond donors (Lipinski definition) is 0. The molecule has 2 nitrogen and oxygen atoms in total. The van der Waals surface area contributed by atoms with Crippen LogP contribution in [0.4, 0.5) is 4.39 Å². The monoisotopic (exact) mass is 290 g/mol. The van der Waals surface area contributed by atoms with E-state index in [0.29, 0.717) is 11.3 Å². The number of fused-ring (bicyclic) bond motifs is 1. The molecule has 3 rings (SSSR count). The number of halogens is 2. The van der Waals surface area contributed by atoms with Crippen LogP contribution in [0, 0.1) is 5.82 Å². The Hall–Kier alpha value is -1.68. The third-order valence-electron chi connectivity index (χ3n) is 2.59. The van der Waals surface area contributed by atoms with Crippen LogP contribution in [0.3, 0.4) is 0 Å². The third kappa shape index (κ3) is 1.74. The average Bonchev–Trinajstić information content (AvgIpc) is 2.75. The van der Waals surface area contributed by atoms with Gasteiger partial charge < -0.3 is 0 Å². The molecule has 0 spiro atoms. The van der Waals surface area contributed by atoms with Crippen molar-refractivity contribution in [1.29, 1.82) is 0 Å². The van der Waals surface area contributed by atoms with E-state index < -0.39 is 0 Å². The first-order valence-electron chi connectivity index (χ1n) is 5.14. The summed E-state index contributed by atoms with van der Waals surface area (Å²) in [7, 11) is 0. The van der Waals surface area contributed by atoms with Gasteiger partial charge in [-0.25, -0.2) is 9.37 Å². The lowest BCUT2D eigenvalue weighted by Gasteiger charge is -1.96. The maximum atomic E-state index is 13.6. The minimum absolute atomic E-state index is 0.257. The van der Waals surface area contributed by atoms with E-state index in [1.54, 1.807) is 18.2 Å². The number of imidazole rings is 1. The smallest absolute Gasteiger partial charge is 0.138 e. The number of pyridine rings is 1. The number of hydrogen-bond acceptors (Lipinski definition) is 1. The van der Waals surface area contributed by atoms with Crippen LogP contribution in [0.5, 0.6) is 0 Å². The highest BCUT2D eigenvalue weighted by molar-refractivity contribution is 9.10. The molecule has 0 bridgehead atoms. The van der Waals surface area contributed by atoms with E-state index in [-0.39, 0.29) is 5.82 Å². The van der Waals surface area contributed by atoms with Gasteiger partial charge in [0.05, 0.1) is 10.3 Å². The fourth-order valence-corrected chi connectivity index (χ4v) is 2.21. The maximum absolute atomic E-state index is 13.6. The molecule has 2 aromatic heterocycles. The molecular formula is C13H8BrFN2. The van der Waals surface area contributed by atoms with Gasteiger partial charge in [-0.1, -0.05) is 18.2 Å². The van der Waals surface area contributed by atoms with Crippen molar-refractivity contribution in [2.75, 3.05) is 0 Å². The zero-order valence-electron chi connectivity index (χ0n) is 8.77. The Morgan fingerprint density at radius 3 is 2.65 bits per heavy atom. The van der Waals surface area contributed by atoms with Crippen LogP contribution in [-0.4, -0.2) is 9.38 Å². The Kier molecular flexibility index (Phi) is 2.44. The van der Waals surface area contributed by atoms with Crippen LogP contribution in [0.2, 0.25) is 0 Å². The van der Waals surface area contributed by atoms with Gasteiger partial charge in [0.1, 0.15) is 11.5 Å². The van der Waals surface area contributed by atoms with Gasteiger partial charge in [-0.05, 0) is 40.2 Å². The van der Waals surface area contributed by atoms with Gasteiger partial charge in [-0.2, -0.15) is 0 Å². The number of nitrogens with zero attached hydrogens (tertiary/aromatic N) is 2. The minimum Gasteiger partial charge on any atom is -0.293 e. The van der Waals surface area contributed by atoms with Crippen molar-refractivity contribution in [2.24, 2.45) is 0 Å². The van der Waals surface area contributed by atoms with E-state index >= 15 is 0 Å². The second-order valence-electron chi connectivity index (χ2n) is 3.68. The van der Waals surface area contributed by atoms with Gasteiger partial charge in [-0.15, -0.1) is 0 Å². The Bertz CT molecular complexity index is 691. The zero-order valence-corrected chi connectivity index (χ0v) is 10.4. The summed E-state index contributed by atoms with van der Waals surface area (Å²) in [6, 6.07) is 12.3. The van der Waals surface area contributed by atoms with E-state index in [9.17, 15) is 4.39 Å². The molecule has 0 saturated heterocycles. The van der Waals surface area contributed by atoms with Crippen LogP contribution in [0.25, 0.3) is 16.9 Å². The molecule has 0 radical (unpaired) electrons. The first-order chi connectivity index (χ1) is 8.25. The lowest BCUT2D eigenvalue weighted by atomic mass is 10.1. The Morgan fingerprint density at radius 2 is 1.88 bits per heavy atom. The van der Waals surface area contributed by atoms with Crippen LogP contribution in [0.1, 0.15) is 0 Å². The predicted molar refractivity (Wildman–Crippen MR) is 68.3 cm³/mol. The van der Waals surface area contributed by atoms with Crippen molar-refractivity contribution >= 4 is 21.6 Å². The van der Waals surface area contributed by atoms with Crippen molar-refractivity contribution < 1.29 is 4.39 Å². The summed E-state index contributed by atoms with van der Waals surface area (Å²) in [4.78, 5) is 4.40. The quantitative estimate of drug-likeness (QED) is 0.621. The molecule has 4 heteroatoms. The molecule has 2 heterocycles. The molecule has 1 aromatic carbocycles. The summed E-state index contributed by atoms with van der Waals surface area (Å²) < 4.78 is 16.4. The Labute approximate surface area is 106 Å². The van der Waals surface area contributed by atoms with Crippen LogP contribution >= 0.6 is 15.9 Å². The molecule has 84 valence electrons. The van der Waals surface area contributed by atoms with Crippen molar-refractivity contribution in [2.45, 2.75) is 0 Å². The lowest BCUT2D eigenvalue weighted by Crippen LogP contribution is -1.83. The van der Waals surface area contributed by atoms with Gasteiger partial charge >= 0.3 is 0 Å². The molecule has 0 aliphatic rings. The molecule has 3 aromatic rings. The molecular weight excluding hydrogens is 283 g/mol. The first-order valence-corrected chi connectivity index (χ1v) is 5.93. The third-order valence-corrected chi connectivity index (χ3v) is 3.24. The first kappa shape index (κ1) is 10.5. The van der Waals surface area contributed by atoms with E-state index in [1.807, 2.05) is 28.8 Å². The fourth-order valence-electron chi connectivity index (χ4n) is 1.78. The second-order valence-corrected chi connectivity index (χ2v) is 4.50. The van der Waals surface area contributed by atoms with Crippen molar-refractivity contribution in [1.82, 2.24) is 9.38 Å². The SMILES string of the molecule is Fc1ccccc1-c1cn2c(Br)cccc2n1. The van der Waals surface area contributed by atoms with E-state index in [4.69, 9.17) is 0 Å². The van der Waals surface area contributed by atoms with E-state index in [2.05, 4.69) is 20.9 Å². The highest BCUT2D eigenvalue weighted by atomic mass is 79.9. The van der Waals surface area contributed by atoms with Crippen molar-refractivity contribution in [3.05, 3.63) is 59.1 Å². The maximum Gasteiger partial charge on any atom is 0.138 e. The van der Waals surface area contributed by atoms with Crippen molar-refractivity contribution in [3.63, 3.8) is 0 Å². The summed E-state index contributed by atoms with van der Waals surface area (Å²) in [5.41, 5.74) is 1.94. The van der Waals surface area contributed by atoms with Gasteiger partial charge in [0.2, 0.25) is 0 Å². The van der Waals surface area contributed by atoms with Gasteiger partial charge in [0.25, 0.3) is 0 Å². The summed E-state index contributed by atoms with van der Waals surface area (Å²) in [6.45, 7) is 0. The number of rotatable bonds is 1. The Morgan fingerprint density at radius 1 is 1.06 bits per heavy atom. The highest BCUT2D eigenvalue weighted by Crippen LogP contribution is 2.23. The van der Waals surface area contributed by atoms with E-state index in [1.165, 1.54) is 6.07 Å². The van der Waals surface area contributed by atoms with Crippen LogP contribution < -0.4 is 0 Å². The summed E-state index contributed by atoms with van der Waals surface area (Å²) >= 11 is 3.43. The van der Waals surface area contributed by atoms with Crippen LogP contribution in [-0.2, 0) is 0 Å². The fraction of sp³-hybridized carbons (Fsp3) is 0. The molecule has 0 aliphatic carbocycles.